The first-order valence-corrected chi connectivity index (χ1v) is 7.47. The molecule has 0 radical (unpaired) electrons. The molecule has 0 saturated carbocycles. The number of hydrogen-bond donors (Lipinski definition) is 2. The zero-order chi connectivity index (χ0) is 15.0. The van der Waals surface area contributed by atoms with Crippen LogP contribution in [0.25, 0.3) is 0 Å². The number of thiophene rings is 1. The third-order valence-corrected chi connectivity index (χ3v) is 3.22. The molecule has 0 atom stereocenters. The molecule has 1 aromatic heterocycles. The van der Waals surface area contributed by atoms with Crippen LogP contribution < -0.4 is 10.6 Å². The molecule has 0 saturated heterocycles. The molecule has 1 heterocycles. The van der Waals surface area contributed by atoms with E-state index >= 15 is 0 Å². The number of rotatable bonds is 5. The van der Waals surface area contributed by atoms with E-state index in [1.54, 1.807) is 18.4 Å². The van der Waals surface area contributed by atoms with Gasteiger partial charge in [-0.3, -0.25) is 9.79 Å². The smallest absolute Gasteiger partial charge is 0.325 e. The lowest BCUT2D eigenvalue weighted by atomic mass is 10.2. The van der Waals surface area contributed by atoms with E-state index in [0.717, 1.165) is 13.0 Å². The molecule has 0 fully saturated rings. The monoisotopic (exact) mass is 297 g/mol. The average Bonchev–Trinajstić information content (AvgIpc) is 2.84. The number of aliphatic imine (C=N–C) groups is 1. The Labute approximate surface area is 124 Å². The van der Waals surface area contributed by atoms with Gasteiger partial charge in [-0.1, -0.05) is 6.07 Å². The van der Waals surface area contributed by atoms with Gasteiger partial charge < -0.3 is 15.4 Å². The van der Waals surface area contributed by atoms with Crippen LogP contribution >= 0.6 is 11.3 Å². The first-order chi connectivity index (χ1) is 9.40. The molecule has 1 aromatic rings. The molecule has 0 spiro atoms. The number of carbonyl (C=O) groups excluding carboxylic acids is 1. The molecule has 112 valence electrons. The van der Waals surface area contributed by atoms with Gasteiger partial charge in [-0.15, -0.1) is 11.3 Å². The molecule has 5 nitrogen and oxygen atoms in total. The molecular formula is C14H23N3O2S. The highest BCUT2D eigenvalue weighted by Gasteiger charge is 2.16. The Morgan fingerprint density at radius 2 is 2.15 bits per heavy atom. The van der Waals surface area contributed by atoms with E-state index < -0.39 is 5.60 Å². The maximum absolute atomic E-state index is 11.6. The van der Waals surface area contributed by atoms with Crippen LogP contribution in [-0.4, -0.2) is 37.7 Å². The number of hydrogen-bond acceptors (Lipinski definition) is 4. The van der Waals surface area contributed by atoms with Gasteiger partial charge in [0.1, 0.15) is 12.1 Å². The fraction of sp³-hybridized carbons (Fsp3) is 0.571. The number of guanidine groups is 1. The van der Waals surface area contributed by atoms with Crippen LogP contribution in [0.1, 0.15) is 25.6 Å². The molecular weight excluding hydrogens is 274 g/mol. The van der Waals surface area contributed by atoms with Crippen molar-refractivity contribution in [1.82, 2.24) is 10.6 Å². The molecule has 20 heavy (non-hydrogen) atoms. The quantitative estimate of drug-likeness (QED) is 0.494. The SMILES string of the molecule is CN=C(NCCc1cccs1)NCC(=O)OC(C)(C)C. The Bertz CT molecular complexity index is 436. The number of ether oxygens (including phenoxy) is 1. The first kappa shape index (κ1) is 16.5. The third-order valence-electron chi connectivity index (χ3n) is 2.29. The van der Waals surface area contributed by atoms with Crippen LogP contribution in [-0.2, 0) is 16.0 Å². The van der Waals surface area contributed by atoms with Crippen molar-refractivity contribution in [3.63, 3.8) is 0 Å². The molecule has 0 unspecified atom stereocenters. The predicted octanol–water partition coefficient (Wildman–Crippen LogP) is 1.80. The molecule has 1 rings (SSSR count). The van der Waals surface area contributed by atoms with Crippen molar-refractivity contribution >= 4 is 23.3 Å². The number of nitrogens with zero attached hydrogens (tertiary/aromatic N) is 1. The Morgan fingerprint density at radius 3 is 2.70 bits per heavy atom. The summed E-state index contributed by atoms with van der Waals surface area (Å²) in [6, 6.07) is 4.14. The average molecular weight is 297 g/mol. The normalized spacial score (nSPS) is 12.1. The van der Waals surface area contributed by atoms with Crippen LogP contribution in [0.2, 0.25) is 0 Å². The van der Waals surface area contributed by atoms with E-state index in [4.69, 9.17) is 4.74 Å². The number of carbonyl (C=O) groups is 1. The fourth-order valence-corrected chi connectivity index (χ4v) is 2.22. The second-order valence-corrected chi connectivity index (χ2v) is 6.30. The standard InChI is InChI=1S/C14H23N3O2S/c1-14(2,3)19-12(18)10-17-13(15-4)16-8-7-11-6-5-9-20-11/h5-6,9H,7-8,10H2,1-4H3,(H2,15,16,17). The highest BCUT2D eigenvalue weighted by atomic mass is 32.1. The van der Waals surface area contributed by atoms with Crippen LogP contribution in [0.15, 0.2) is 22.5 Å². The van der Waals surface area contributed by atoms with Gasteiger partial charge in [0.05, 0.1) is 0 Å². The van der Waals surface area contributed by atoms with E-state index in [2.05, 4.69) is 27.1 Å². The summed E-state index contributed by atoms with van der Waals surface area (Å²) >= 11 is 1.73. The summed E-state index contributed by atoms with van der Waals surface area (Å²) in [6.07, 6.45) is 0.935. The van der Waals surface area contributed by atoms with E-state index in [-0.39, 0.29) is 12.5 Å². The maximum Gasteiger partial charge on any atom is 0.325 e. The Kier molecular flexibility index (Phi) is 6.51. The minimum Gasteiger partial charge on any atom is -0.459 e. The third kappa shape index (κ3) is 7.13. The Hall–Kier alpha value is -1.56. The second-order valence-electron chi connectivity index (χ2n) is 5.27. The lowest BCUT2D eigenvalue weighted by molar-refractivity contribution is -0.153. The summed E-state index contributed by atoms with van der Waals surface area (Å²) in [7, 11) is 1.68. The van der Waals surface area contributed by atoms with Gasteiger partial charge in [0.25, 0.3) is 0 Å². The summed E-state index contributed by atoms with van der Waals surface area (Å²) in [4.78, 5) is 17.0. The molecule has 0 aliphatic rings. The maximum atomic E-state index is 11.6. The lowest BCUT2D eigenvalue weighted by Gasteiger charge is -2.20. The fourth-order valence-electron chi connectivity index (χ4n) is 1.51. The molecule has 6 heteroatoms. The molecule has 0 aliphatic heterocycles. The van der Waals surface area contributed by atoms with Crippen molar-refractivity contribution in [3.05, 3.63) is 22.4 Å². The summed E-state index contributed by atoms with van der Waals surface area (Å²) < 4.78 is 5.21. The summed E-state index contributed by atoms with van der Waals surface area (Å²) in [5, 5.41) is 8.16. The highest BCUT2D eigenvalue weighted by Crippen LogP contribution is 2.08. The van der Waals surface area contributed by atoms with Crippen LogP contribution in [0.5, 0.6) is 0 Å². The minimum atomic E-state index is -0.463. The van der Waals surface area contributed by atoms with E-state index in [0.29, 0.717) is 5.96 Å². The second kappa shape index (κ2) is 7.89. The number of esters is 1. The first-order valence-electron chi connectivity index (χ1n) is 6.59. The van der Waals surface area contributed by atoms with E-state index in [9.17, 15) is 4.79 Å². The zero-order valence-electron chi connectivity index (χ0n) is 12.5. The van der Waals surface area contributed by atoms with Gasteiger partial charge in [-0.25, -0.2) is 0 Å². The van der Waals surface area contributed by atoms with Gasteiger partial charge in [0.15, 0.2) is 5.96 Å². The van der Waals surface area contributed by atoms with Gasteiger partial charge in [0, 0.05) is 18.5 Å². The van der Waals surface area contributed by atoms with Crippen LogP contribution in [0.3, 0.4) is 0 Å². The van der Waals surface area contributed by atoms with Gasteiger partial charge in [-0.05, 0) is 38.6 Å². The van der Waals surface area contributed by atoms with E-state index in [1.807, 2.05) is 26.8 Å². The van der Waals surface area contributed by atoms with E-state index in [1.165, 1.54) is 4.88 Å². The Balaban J connectivity index is 2.24. The topological polar surface area (TPSA) is 62.7 Å². The molecule has 0 amide bonds. The van der Waals surface area contributed by atoms with Crippen molar-refractivity contribution in [2.45, 2.75) is 32.8 Å². The lowest BCUT2D eigenvalue weighted by Crippen LogP contribution is -2.42. The number of nitrogens with one attached hydrogen (secondary N) is 2. The largest absolute Gasteiger partial charge is 0.459 e. The predicted molar refractivity (Wildman–Crippen MR) is 83.2 cm³/mol. The van der Waals surface area contributed by atoms with Crippen molar-refractivity contribution in [2.24, 2.45) is 4.99 Å². The van der Waals surface area contributed by atoms with Gasteiger partial charge in [0.2, 0.25) is 0 Å². The Morgan fingerprint density at radius 1 is 1.40 bits per heavy atom. The zero-order valence-corrected chi connectivity index (χ0v) is 13.3. The van der Waals surface area contributed by atoms with Crippen molar-refractivity contribution in [3.8, 4) is 0 Å². The van der Waals surface area contributed by atoms with Crippen molar-refractivity contribution in [2.75, 3.05) is 20.1 Å². The van der Waals surface area contributed by atoms with Gasteiger partial charge in [-0.2, -0.15) is 0 Å². The summed E-state index contributed by atoms with van der Waals surface area (Å²) in [5.74, 6) is 0.311. The molecule has 0 aromatic carbocycles. The van der Waals surface area contributed by atoms with Crippen LogP contribution in [0.4, 0.5) is 0 Å². The highest BCUT2D eigenvalue weighted by molar-refractivity contribution is 7.09. The summed E-state index contributed by atoms with van der Waals surface area (Å²) in [6.45, 7) is 6.42. The molecule has 0 bridgehead atoms. The minimum absolute atomic E-state index is 0.107. The molecule has 2 N–H and O–H groups in total. The summed E-state index contributed by atoms with van der Waals surface area (Å²) in [5.41, 5.74) is -0.463. The van der Waals surface area contributed by atoms with Crippen molar-refractivity contribution < 1.29 is 9.53 Å². The van der Waals surface area contributed by atoms with Gasteiger partial charge >= 0.3 is 5.97 Å². The molecule has 0 aliphatic carbocycles. The van der Waals surface area contributed by atoms with Crippen molar-refractivity contribution in [1.29, 1.82) is 0 Å². The van der Waals surface area contributed by atoms with Crippen LogP contribution in [0, 0.1) is 0 Å².